The number of thiazole rings is 1. The Morgan fingerprint density at radius 2 is 1.91 bits per heavy atom. The average molecular weight is 489 g/mol. The Kier molecular flexibility index (Phi) is 6.71. The average Bonchev–Trinajstić information content (AvgIpc) is 3.32. The van der Waals surface area contributed by atoms with Crippen LogP contribution in [0.2, 0.25) is 0 Å². The number of aromatic nitrogens is 2. The van der Waals surface area contributed by atoms with E-state index in [9.17, 15) is 13.2 Å². The molecular weight excluding hydrogens is 460 g/mol. The molecule has 0 atom stereocenters. The number of benzene rings is 1. The third-order valence-corrected chi connectivity index (χ3v) is 8.52. The van der Waals surface area contributed by atoms with E-state index in [1.165, 1.54) is 11.3 Å². The van der Waals surface area contributed by atoms with Crippen LogP contribution in [0.1, 0.15) is 32.2 Å². The standard InChI is InChI=1S/C23H28N4O4S2/c1-15-6-5-7-18(12-15)14-24-33(29,30)20-13-19(26(4)17(20)3)22-25-16(2)21(32-22)23(28)27-8-10-31-11-9-27/h5-7,12-13,24H,8-11,14H2,1-4H3. The fraction of sp³-hybridized carbons (Fsp3) is 0.391. The van der Waals surface area contributed by atoms with E-state index >= 15 is 0 Å². The van der Waals surface area contributed by atoms with Crippen LogP contribution in [0.3, 0.4) is 0 Å². The van der Waals surface area contributed by atoms with Crippen LogP contribution in [-0.2, 0) is 28.4 Å². The highest BCUT2D eigenvalue weighted by molar-refractivity contribution is 7.89. The molecule has 1 aromatic carbocycles. The molecule has 8 nitrogen and oxygen atoms in total. The summed E-state index contributed by atoms with van der Waals surface area (Å²) >= 11 is 1.29. The number of morpholine rings is 1. The minimum absolute atomic E-state index is 0.0573. The summed E-state index contributed by atoms with van der Waals surface area (Å²) in [5.74, 6) is -0.0573. The van der Waals surface area contributed by atoms with Crippen molar-refractivity contribution < 1.29 is 17.9 Å². The predicted molar refractivity (Wildman–Crippen MR) is 128 cm³/mol. The predicted octanol–water partition coefficient (Wildman–Crippen LogP) is 3.02. The van der Waals surface area contributed by atoms with Crippen LogP contribution in [-0.4, -0.2) is 55.1 Å². The molecule has 1 fully saturated rings. The van der Waals surface area contributed by atoms with E-state index in [2.05, 4.69) is 9.71 Å². The van der Waals surface area contributed by atoms with Crippen molar-refractivity contribution in [2.45, 2.75) is 32.2 Å². The van der Waals surface area contributed by atoms with E-state index < -0.39 is 10.0 Å². The smallest absolute Gasteiger partial charge is 0.266 e. The number of aryl methyl sites for hydroxylation is 2. The summed E-state index contributed by atoms with van der Waals surface area (Å²) in [5.41, 5.74) is 3.89. The first-order valence-electron chi connectivity index (χ1n) is 10.7. The molecule has 4 rings (SSSR count). The molecule has 1 aliphatic rings. The molecule has 0 unspecified atom stereocenters. The van der Waals surface area contributed by atoms with Gasteiger partial charge in [0.05, 0.1) is 24.6 Å². The molecule has 1 amide bonds. The number of nitrogens with one attached hydrogen (secondary N) is 1. The van der Waals surface area contributed by atoms with Crippen molar-refractivity contribution in [3.05, 3.63) is 57.7 Å². The first kappa shape index (κ1) is 23.6. The Morgan fingerprint density at radius 3 is 2.61 bits per heavy atom. The van der Waals surface area contributed by atoms with Crippen molar-refractivity contribution in [3.63, 3.8) is 0 Å². The third kappa shape index (κ3) is 4.89. The van der Waals surface area contributed by atoms with Crippen molar-refractivity contribution >= 4 is 27.3 Å². The second-order valence-corrected chi connectivity index (χ2v) is 10.9. The number of hydrogen-bond acceptors (Lipinski definition) is 6. The van der Waals surface area contributed by atoms with E-state index in [0.29, 0.717) is 53.3 Å². The molecule has 1 aliphatic heterocycles. The number of carbonyl (C=O) groups excluding carboxylic acids is 1. The Morgan fingerprint density at radius 1 is 1.18 bits per heavy atom. The fourth-order valence-electron chi connectivity index (χ4n) is 3.84. The molecule has 176 valence electrons. The fourth-order valence-corrected chi connectivity index (χ4v) is 6.23. The summed E-state index contributed by atoms with van der Waals surface area (Å²) in [6.07, 6.45) is 0. The van der Waals surface area contributed by atoms with Gasteiger partial charge in [-0.2, -0.15) is 0 Å². The summed E-state index contributed by atoms with van der Waals surface area (Å²) < 4.78 is 36.0. The Balaban J connectivity index is 1.60. The molecule has 33 heavy (non-hydrogen) atoms. The Labute approximate surface area is 198 Å². The second-order valence-electron chi connectivity index (χ2n) is 8.19. The minimum Gasteiger partial charge on any atom is -0.378 e. The minimum atomic E-state index is -3.73. The quantitative estimate of drug-likeness (QED) is 0.576. The van der Waals surface area contributed by atoms with Gasteiger partial charge in [-0.1, -0.05) is 29.8 Å². The monoisotopic (exact) mass is 488 g/mol. The van der Waals surface area contributed by atoms with Crippen molar-refractivity contribution in [2.75, 3.05) is 26.3 Å². The van der Waals surface area contributed by atoms with Gasteiger partial charge in [-0.3, -0.25) is 4.79 Å². The topological polar surface area (TPSA) is 93.5 Å². The van der Waals surface area contributed by atoms with E-state index in [1.54, 1.807) is 17.9 Å². The summed E-state index contributed by atoms with van der Waals surface area (Å²) in [6.45, 7) is 7.94. The van der Waals surface area contributed by atoms with Gasteiger partial charge in [-0.25, -0.2) is 18.1 Å². The van der Waals surface area contributed by atoms with Crippen LogP contribution >= 0.6 is 11.3 Å². The molecule has 0 aliphatic carbocycles. The number of rotatable bonds is 6. The van der Waals surface area contributed by atoms with Crippen molar-refractivity contribution in [2.24, 2.45) is 7.05 Å². The van der Waals surface area contributed by atoms with Crippen LogP contribution in [0.15, 0.2) is 35.2 Å². The normalized spacial score (nSPS) is 14.6. The van der Waals surface area contributed by atoms with Crippen LogP contribution in [0, 0.1) is 20.8 Å². The number of hydrogen-bond donors (Lipinski definition) is 1. The lowest BCUT2D eigenvalue weighted by Gasteiger charge is -2.26. The summed E-state index contributed by atoms with van der Waals surface area (Å²) in [4.78, 5) is 20.1. The summed E-state index contributed by atoms with van der Waals surface area (Å²) in [7, 11) is -1.92. The molecule has 0 bridgehead atoms. The van der Waals surface area contributed by atoms with Gasteiger partial charge in [0.2, 0.25) is 10.0 Å². The first-order chi connectivity index (χ1) is 15.7. The maximum absolute atomic E-state index is 13.1. The van der Waals surface area contributed by atoms with Gasteiger partial charge in [0.15, 0.2) is 0 Å². The lowest BCUT2D eigenvalue weighted by molar-refractivity contribution is 0.0305. The molecule has 1 saturated heterocycles. The number of sulfonamides is 1. The van der Waals surface area contributed by atoms with Crippen LogP contribution in [0.25, 0.3) is 10.7 Å². The van der Waals surface area contributed by atoms with Gasteiger partial charge >= 0.3 is 0 Å². The number of amides is 1. The Hall–Kier alpha value is -2.53. The third-order valence-electron chi connectivity index (χ3n) is 5.84. The number of nitrogens with zero attached hydrogens (tertiary/aromatic N) is 3. The van der Waals surface area contributed by atoms with Crippen LogP contribution in [0.5, 0.6) is 0 Å². The molecule has 2 aromatic heterocycles. The van der Waals surface area contributed by atoms with Crippen LogP contribution < -0.4 is 4.72 Å². The van der Waals surface area contributed by atoms with E-state index in [-0.39, 0.29) is 17.3 Å². The summed E-state index contributed by atoms with van der Waals surface area (Å²) in [6, 6.07) is 9.36. The van der Waals surface area contributed by atoms with Gasteiger partial charge < -0.3 is 14.2 Å². The highest BCUT2D eigenvalue weighted by atomic mass is 32.2. The zero-order valence-electron chi connectivity index (χ0n) is 19.2. The van der Waals surface area contributed by atoms with E-state index in [1.807, 2.05) is 49.7 Å². The first-order valence-corrected chi connectivity index (χ1v) is 13.0. The second kappa shape index (κ2) is 9.38. The maximum Gasteiger partial charge on any atom is 0.266 e. The van der Waals surface area contributed by atoms with Crippen molar-refractivity contribution in [3.8, 4) is 10.7 Å². The van der Waals surface area contributed by atoms with Gasteiger partial charge in [0.25, 0.3) is 5.91 Å². The molecule has 0 saturated carbocycles. The highest BCUT2D eigenvalue weighted by Crippen LogP contribution is 2.33. The molecule has 0 spiro atoms. The highest BCUT2D eigenvalue weighted by Gasteiger charge is 2.27. The zero-order chi connectivity index (χ0) is 23.8. The van der Waals surface area contributed by atoms with Gasteiger partial charge in [0.1, 0.15) is 14.8 Å². The van der Waals surface area contributed by atoms with E-state index in [0.717, 1.165) is 11.1 Å². The molecule has 0 radical (unpaired) electrons. The molecule has 3 heterocycles. The zero-order valence-corrected chi connectivity index (χ0v) is 20.8. The van der Waals surface area contributed by atoms with Crippen molar-refractivity contribution in [1.29, 1.82) is 0 Å². The van der Waals surface area contributed by atoms with Crippen LogP contribution in [0.4, 0.5) is 0 Å². The van der Waals surface area contributed by atoms with Gasteiger partial charge in [-0.05, 0) is 32.4 Å². The maximum atomic E-state index is 13.1. The van der Waals surface area contributed by atoms with Crippen molar-refractivity contribution in [1.82, 2.24) is 19.2 Å². The van der Waals surface area contributed by atoms with E-state index in [4.69, 9.17) is 4.74 Å². The lowest BCUT2D eigenvalue weighted by atomic mass is 10.1. The van der Waals surface area contributed by atoms with Gasteiger partial charge in [0, 0.05) is 32.4 Å². The largest absolute Gasteiger partial charge is 0.378 e. The Bertz CT molecular complexity index is 1290. The molecular formula is C23H28N4O4S2. The van der Waals surface area contributed by atoms with Gasteiger partial charge in [-0.15, -0.1) is 11.3 Å². The number of carbonyl (C=O) groups is 1. The SMILES string of the molecule is Cc1cccc(CNS(=O)(=O)c2cc(-c3nc(C)c(C(=O)N4CCOCC4)s3)n(C)c2C)c1. The molecule has 3 aromatic rings. The lowest BCUT2D eigenvalue weighted by Crippen LogP contribution is -2.40. The molecule has 1 N–H and O–H groups in total. The summed E-state index contributed by atoms with van der Waals surface area (Å²) in [5, 5.41) is 0.620. The molecule has 10 heteroatoms. The number of ether oxygens (including phenoxy) is 1.